The van der Waals surface area contributed by atoms with Gasteiger partial charge in [0.15, 0.2) is 0 Å². The van der Waals surface area contributed by atoms with Crippen LogP contribution >= 0.6 is 22.9 Å². The van der Waals surface area contributed by atoms with E-state index in [1.807, 2.05) is 31.2 Å². The molecule has 6 nitrogen and oxygen atoms in total. The molecule has 0 radical (unpaired) electrons. The zero-order chi connectivity index (χ0) is 22.7. The third kappa shape index (κ3) is 3.63. The number of halogens is 1. The van der Waals surface area contributed by atoms with Crippen LogP contribution in [0.25, 0.3) is 21.3 Å². The molecule has 2 unspecified atom stereocenters. The van der Waals surface area contributed by atoms with Gasteiger partial charge in [-0.15, -0.1) is 11.3 Å². The van der Waals surface area contributed by atoms with Gasteiger partial charge < -0.3 is 10.1 Å². The van der Waals surface area contributed by atoms with E-state index in [1.54, 1.807) is 17.5 Å². The van der Waals surface area contributed by atoms with E-state index < -0.39 is 0 Å². The van der Waals surface area contributed by atoms with E-state index in [2.05, 4.69) is 10.3 Å². The number of amides is 2. The minimum atomic E-state index is -0.106. The molecule has 170 valence electrons. The van der Waals surface area contributed by atoms with Crippen LogP contribution in [-0.2, 0) is 16.1 Å². The number of nitrogens with one attached hydrogen (secondary N) is 1. The summed E-state index contributed by atoms with van der Waals surface area (Å²) in [4.78, 5) is 31.0. The third-order valence-electron chi connectivity index (χ3n) is 7.19. The molecule has 0 bridgehead atoms. The van der Waals surface area contributed by atoms with Crippen molar-refractivity contribution in [3.63, 3.8) is 0 Å². The first-order valence-corrected chi connectivity index (χ1v) is 12.5. The average Bonchev–Trinajstić information content (AvgIpc) is 3.08. The Bertz CT molecular complexity index is 1290. The molecule has 2 amide bonds. The van der Waals surface area contributed by atoms with Crippen LogP contribution in [0.15, 0.2) is 30.5 Å². The largest absolute Gasteiger partial charge is 0.492 e. The number of benzene rings is 1. The predicted octanol–water partition coefficient (Wildman–Crippen LogP) is 4.56. The van der Waals surface area contributed by atoms with Crippen molar-refractivity contribution in [1.82, 2.24) is 15.2 Å². The molecule has 0 spiro atoms. The van der Waals surface area contributed by atoms with Crippen molar-refractivity contribution in [2.24, 2.45) is 11.3 Å². The Hall–Kier alpha value is -2.48. The molecule has 6 rings (SSSR count). The number of piperidine rings is 1. The van der Waals surface area contributed by atoms with Gasteiger partial charge in [0.1, 0.15) is 5.75 Å². The maximum atomic E-state index is 12.1. The Kier molecular flexibility index (Phi) is 4.98. The maximum Gasteiger partial charge on any atom is 0.230 e. The monoisotopic (exact) mass is 481 g/mol. The molecule has 1 aliphatic carbocycles. The van der Waals surface area contributed by atoms with E-state index in [0.717, 1.165) is 56.5 Å². The first kappa shape index (κ1) is 21.1. The minimum Gasteiger partial charge on any atom is -0.492 e. The summed E-state index contributed by atoms with van der Waals surface area (Å²) in [6, 6.07) is 7.86. The number of fused-ring (bicyclic) bond motifs is 2. The highest BCUT2D eigenvalue weighted by Gasteiger charge is 2.57. The fourth-order valence-corrected chi connectivity index (χ4v) is 6.63. The number of likely N-dealkylation sites (tertiary alicyclic amines) is 1. The van der Waals surface area contributed by atoms with Gasteiger partial charge in [-0.3, -0.25) is 19.5 Å². The number of hydrogen-bond donors (Lipinski definition) is 1. The molecule has 33 heavy (non-hydrogen) atoms. The van der Waals surface area contributed by atoms with E-state index in [-0.39, 0.29) is 17.2 Å². The van der Waals surface area contributed by atoms with Gasteiger partial charge in [-0.25, -0.2) is 0 Å². The first-order valence-electron chi connectivity index (χ1n) is 11.3. The van der Waals surface area contributed by atoms with Crippen molar-refractivity contribution in [2.75, 3.05) is 19.7 Å². The van der Waals surface area contributed by atoms with Crippen LogP contribution in [0, 0.1) is 18.3 Å². The highest BCUT2D eigenvalue weighted by atomic mass is 35.5. The standard InChI is InChI=1S/C25H24ClN3O3S/c1-14-6-16(26)7-19(23(14)32-13-25-9-15(25)10-27-12-25)18-4-5-28-20-8-17(33-24(18)20)11-29-21(30)2-3-22(29)31/h4-8,15,27H,2-3,9-13H2,1H3. The number of carbonyl (C=O) groups excluding carboxylic acids is 2. The summed E-state index contributed by atoms with van der Waals surface area (Å²) in [6.45, 7) is 5.13. The highest BCUT2D eigenvalue weighted by molar-refractivity contribution is 7.19. The van der Waals surface area contributed by atoms with Gasteiger partial charge in [0.25, 0.3) is 0 Å². The van der Waals surface area contributed by atoms with Gasteiger partial charge >= 0.3 is 0 Å². The van der Waals surface area contributed by atoms with Crippen LogP contribution in [0.1, 0.15) is 29.7 Å². The van der Waals surface area contributed by atoms with Gasteiger partial charge in [-0.05, 0) is 55.6 Å². The van der Waals surface area contributed by atoms with Gasteiger partial charge in [-0.2, -0.15) is 0 Å². The summed E-state index contributed by atoms with van der Waals surface area (Å²) in [5.74, 6) is 1.37. The fourth-order valence-electron chi connectivity index (χ4n) is 5.23. The van der Waals surface area contributed by atoms with E-state index in [1.165, 1.54) is 11.3 Å². The van der Waals surface area contributed by atoms with Crippen LogP contribution in [0.4, 0.5) is 0 Å². The van der Waals surface area contributed by atoms with Crippen molar-refractivity contribution in [3.8, 4) is 16.9 Å². The van der Waals surface area contributed by atoms with E-state index in [4.69, 9.17) is 16.3 Å². The Morgan fingerprint density at radius 3 is 2.79 bits per heavy atom. The molecular formula is C25H24ClN3O3S. The summed E-state index contributed by atoms with van der Waals surface area (Å²) in [6.07, 6.45) is 3.61. The SMILES string of the molecule is Cc1cc(Cl)cc(-c2ccnc3cc(CN4C(=O)CCC4=O)sc23)c1OCC12CNCC1C2. The molecule has 2 saturated heterocycles. The molecule has 1 aromatic carbocycles. The number of carbonyl (C=O) groups is 2. The number of pyridine rings is 1. The molecule has 4 heterocycles. The zero-order valence-electron chi connectivity index (χ0n) is 18.3. The average molecular weight is 482 g/mol. The van der Waals surface area contributed by atoms with Crippen LogP contribution in [0.2, 0.25) is 5.02 Å². The molecule has 2 atom stereocenters. The number of aryl methyl sites for hydroxylation is 1. The molecule has 8 heteroatoms. The molecule has 1 saturated carbocycles. The van der Waals surface area contributed by atoms with Gasteiger partial charge in [0.2, 0.25) is 11.8 Å². The van der Waals surface area contributed by atoms with Crippen molar-refractivity contribution < 1.29 is 14.3 Å². The summed E-state index contributed by atoms with van der Waals surface area (Å²) in [5.41, 5.74) is 4.07. The van der Waals surface area contributed by atoms with E-state index in [9.17, 15) is 9.59 Å². The number of hydrogen-bond acceptors (Lipinski definition) is 6. The second-order valence-electron chi connectivity index (χ2n) is 9.44. The van der Waals surface area contributed by atoms with Crippen molar-refractivity contribution >= 4 is 45.0 Å². The van der Waals surface area contributed by atoms with Gasteiger partial charge in [0, 0.05) is 52.0 Å². The van der Waals surface area contributed by atoms with Crippen molar-refractivity contribution in [1.29, 1.82) is 0 Å². The molecular weight excluding hydrogens is 458 g/mol. The number of ether oxygens (including phenoxy) is 1. The predicted molar refractivity (Wildman–Crippen MR) is 128 cm³/mol. The Morgan fingerprint density at radius 2 is 2.06 bits per heavy atom. The second kappa shape index (κ2) is 7.79. The summed E-state index contributed by atoms with van der Waals surface area (Å²) < 4.78 is 7.49. The Morgan fingerprint density at radius 1 is 1.24 bits per heavy atom. The van der Waals surface area contributed by atoms with Crippen molar-refractivity contribution in [2.45, 2.75) is 32.7 Å². The summed E-state index contributed by atoms with van der Waals surface area (Å²) in [7, 11) is 0. The lowest BCUT2D eigenvalue weighted by molar-refractivity contribution is -0.138. The lowest BCUT2D eigenvalue weighted by Gasteiger charge is -2.19. The van der Waals surface area contributed by atoms with E-state index in [0.29, 0.717) is 31.0 Å². The lowest BCUT2D eigenvalue weighted by atomic mass is 10.0. The topological polar surface area (TPSA) is 71.5 Å². The van der Waals surface area contributed by atoms with Crippen molar-refractivity contribution in [3.05, 3.63) is 45.9 Å². The van der Waals surface area contributed by atoms with Crippen LogP contribution in [0.5, 0.6) is 5.75 Å². The molecule has 2 aliphatic heterocycles. The Labute approximate surface area is 200 Å². The van der Waals surface area contributed by atoms with Crippen LogP contribution in [0.3, 0.4) is 0 Å². The van der Waals surface area contributed by atoms with Crippen LogP contribution in [-0.4, -0.2) is 41.4 Å². The smallest absolute Gasteiger partial charge is 0.230 e. The molecule has 3 fully saturated rings. The quantitative estimate of drug-likeness (QED) is 0.522. The normalized spacial score (nSPS) is 24.1. The molecule has 3 aromatic rings. The Balaban J connectivity index is 1.37. The number of nitrogens with zero attached hydrogens (tertiary/aromatic N) is 2. The number of rotatable bonds is 6. The number of thiophene rings is 1. The zero-order valence-corrected chi connectivity index (χ0v) is 19.9. The second-order valence-corrected chi connectivity index (χ2v) is 11.0. The lowest BCUT2D eigenvalue weighted by Crippen LogP contribution is -2.27. The van der Waals surface area contributed by atoms with E-state index >= 15 is 0 Å². The number of imide groups is 1. The minimum absolute atomic E-state index is 0.106. The highest BCUT2D eigenvalue weighted by Crippen LogP contribution is 2.55. The molecule has 2 aromatic heterocycles. The van der Waals surface area contributed by atoms with Gasteiger partial charge in [-0.1, -0.05) is 11.6 Å². The van der Waals surface area contributed by atoms with Crippen LogP contribution < -0.4 is 10.1 Å². The molecule has 3 aliphatic rings. The number of aromatic nitrogens is 1. The molecule has 1 N–H and O–H groups in total. The first-order chi connectivity index (χ1) is 15.9. The van der Waals surface area contributed by atoms with Gasteiger partial charge in [0.05, 0.1) is 23.4 Å². The summed E-state index contributed by atoms with van der Waals surface area (Å²) in [5, 5.41) is 4.13. The summed E-state index contributed by atoms with van der Waals surface area (Å²) >= 11 is 8.04. The fraction of sp³-hybridized carbons (Fsp3) is 0.400. The maximum absolute atomic E-state index is 12.1. The third-order valence-corrected chi connectivity index (χ3v) is 8.55.